The van der Waals surface area contributed by atoms with Crippen molar-refractivity contribution in [3.63, 3.8) is 0 Å². The van der Waals surface area contributed by atoms with Crippen LogP contribution in [0.5, 0.6) is 0 Å². The van der Waals surface area contributed by atoms with Gasteiger partial charge in [-0.25, -0.2) is 10.0 Å². The van der Waals surface area contributed by atoms with E-state index in [0.717, 1.165) is 12.2 Å². The van der Waals surface area contributed by atoms with Gasteiger partial charge in [-0.3, -0.25) is 4.79 Å². The first-order valence-corrected chi connectivity index (χ1v) is 6.59. The highest BCUT2D eigenvalue weighted by Gasteiger charge is 2.43. The zero-order valence-electron chi connectivity index (χ0n) is 10.5. The molecule has 2 aromatic rings. The van der Waals surface area contributed by atoms with E-state index < -0.39 is 0 Å². The molecule has 19 heavy (non-hydrogen) atoms. The van der Waals surface area contributed by atoms with Gasteiger partial charge in [0.15, 0.2) is 0 Å². The molecule has 0 bridgehead atoms. The minimum Gasteiger partial charge on any atom is -0.273 e. The van der Waals surface area contributed by atoms with Crippen LogP contribution in [0.1, 0.15) is 23.6 Å². The van der Waals surface area contributed by atoms with Crippen molar-refractivity contribution < 1.29 is 4.79 Å². The maximum Gasteiger partial charge on any atom is 0.242 e. The quantitative estimate of drug-likeness (QED) is 0.777. The van der Waals surface area contributed by atoms with E-state index in [-0.39, 0.29) is 11.9 Å². The predicted molar refractivity (Wildman–Crippen MR) is 73.5 cm³/mol. The first-order valence-electron chi connectivity index (χ1n) is 6.59. The highest BCUT2D eigenvalue weighted by molar-refractivity contribution is 5.97. The summed E-state index contributed by atoms with van der Waals surface area (Å²) in [6.07, 6.45) is 0.609. The second kappa shape index (κ2) is 3.93. The summed E-state index contributed by atoms with van der Waals surface area (Å²) in [5, 5.41) is 4.04. The van der Waals surface area contributed by atoms with E-state index in [4.69, 9.17) is 0 Å². The van der Waals surface area contributed by atoms with Crippen molar-refractivity contribution in [2.75, 3.05) is 11.6 Å². The second-order valence-corrected chi connectivity index (χ2v) is 4.99. The maximum atomic E-state index is 12.1. The lowest BCUT2D eigenvalue weighted by Gasteiger charge is -2.25. The number of hydrogen-bond acceptors (Lipinski definition) is 2. The van der Waals surface area contributed by atoms with Crippen LogP contribution in [0.2, 0.25) is 0 Å². The minimum absolute atomic E-state index is 0.170. The van der Waals surface area contributed by atoms with Gasteiger partial charge in [0, 0.05) is 18.5 Å². The van der Waals surface area contributed by atoms with Gasteiger partial charge in [-0.1, -0.05) is 48.5 Å². The van der Waals surface area contributed by atoms with Crippen LogP contribution in [0.25, 0.3) is 0 Å². The number of carbonyl (C=O) groups excluding carboxylic acids is 1. The number of para-hydroxylation sites is 1. The number of amides is 1. The number of benzene rings is 2. The summed E-state index contributed by atoms with van der Waals surface area (Å²) in [6.45, 7) is 0.799. The lowest BCUT2D eigenvalue weighted by atomic mass is 9.98. The van der Waals surface area contributed by atoms with E-state index in [2.05, 4.69) is 35.3 Å². The van der Waals surface area contributed by atoms with Gasteiger partial charge >= 0.3 is 0 Å². The van der Waals surface area contributed by atoms with Crippen molar-refractivity contribution in [2.24, 2.45) is 0 Å². The Balaban J connectivity index is 1.90. The van der Waals surface area contributed by atoms with Crippen LogP contribution in [0, 0.1) is 0 Å². The Labute approximate surface area is 112 Å². The monoisotopic (exact) mass is 250 g/mol. The van der Waals surface area contributed by atoms with Crippen molar-refractivity contribution in [2.45, 2.75) is 12.5 Å². The molecule has 1 saturated heterocycles. The van der Waals surface area contributed by atoms with E-state index in [1.54, 1.807) is 0 Å². The highest BCUT2D eigenvalue weighted by Crippen LogP contribution is 2.45. The maximum absolute atomic E-state index is 12.1. The Morgan fingerprint density at radius 3 is 2.53 bits per heavy atom. The summed E-state index contributed by atoms with van der Waals surface area (Å²) in [7, 11) is 0. The molecule has 3 heteroatoms. The van der Waals surface area contributed by atoms with Gasteiger partial charge in [-0.15, -0.1) is 0 Å². The first kappa shape index (κ1) is 10.8. The van der Waals surface area contributed by atoms with Gasteiger partial charge in [0.25, 0.3) is 0 Å². The molecule has 2 aromatic carbocycles. The number of rotatable bonds is 1. The van der Waals surface area contributed by atoms with Gasteiger partial charge in [0.1, 0.15) is 0 Å². The summed E-state index contributed by atoms with van der Waals surface area (Å²) in [5.74, 6) is 0.200. The Morgan fingerprint density at radius 1 is 0.947 bits per heavy atom. The normalized spacial score (nSPS) is 21.6. The van der Waals surface area contributed by atoms with Crippen molar-refractivity contribution in [1.29, 1.82) is 0 Å². The smallest absolute Gasteiger partial charge is 0.242 e. The lowest BCUT2D eigenvalue weighted by molar-refractivity contribution is -0.117. The molecular weight excluding hydrogens is 236 g/mol. The van der Waals surface area contributed by atoms with Crippen LogP contribution in [0.4, 0.5) is 5.69 Å². The van der Waals surface area contributed by atoms with Gasteiger partial charge < -0.3 is 0 Å². The molecule has 4 rings (SSSR count). The number of carbonyl (C=O) groups is 1. The third-order valence-corrected chi connectivity index (χ3v) is 3.92. The SMILES string of the molecule is O=C1CCN2C(c3ccccc3)c3ccccc3N12. The zero-order chi connectivity index (χ0) is 12.8. The fraction of sp³-hybridized carbons (Fsp3) is 0.188. The summed E-state index contributed by atoms with van der Waals surface area (Å²) in [6, 6.07) is 18.8. The fourth-order valence-corrected chi connectivity index (χ4v) is 3.14. The van der Waals surface area contributed by atoms with Crippen LogP contribution in [-0.2, 0) is 4.79 Å². The molecule has 94 valence electrons. The average molecular weight is 250 g/mol. The summed E-state index contributed by atoms with van der Waals surface area (Å²) in [4.78, 5) is 12.1. The molecule has 1 amide bonds. The van der Waals surface area contributed by atoms with Crippen LogP contribution >= 0.6 is 0 Å². The van der Waals surface area contributed by atoms with Crippen LogP contribution in [0.3, 0.4) is 0 Å². The average Bonchev–Trinajstić information content (AvgIpc) is 2.98. The molecule has 3 nitrogen and oxygen atoms in total. The summed E-state index contributed by atoms with van der Waals surface area (Å²) in [5.41, 5.74) is 3.51. The third kappa shape index (κ3) is 1.45. The molecule has 0 aliphatic carbocycles. The molecular formula is C16H14N2O. The minimum atomic E-state index is 0.170. The molecule has 0 N–H and O–H groups in total. The molecule has 1 atom stereocenters. The molecule has 0 radical (unpaired) electrons. The zero-order valence-corrected chi connectivity index (χ0v) is 10.5. The Hall–Kier alpha value is -2.13. The Bertz CT molecular complexity index is 638. The Morgan fingerprint density at radius 2 is 1.68 bits per heavy atom. The van der Waals surface area contributed by atoms with E-state index in [1.165, 1.54) is 11.1 Å². The number of anilines is 1. The first-order chi connectivity index (χ1) is 9.36. The molecule has 1 unspecified atom stereocenters. The molecule has 2 aliphatic heterocycles. The topological polar surface area (TPSA) is 23.6 Å². The number of hydrazine groups is 1. The molecule has 0 aromatic heterocycles. The number of nitrogens with zero attached hydrogens (tertiary/aromatic N) is 2. The summed E-state index contributed by atoms with van der Waals surface area (Å²) < 4.78 is 0. The van der Waals surface area contributed by atoms with Crippen LogP contribution in [0.15, 0.2) is 54.6 Å². The van der Waals surface area contributed by atoms with Gasteiger partial charge in [0.05, 0.1) is 11.7 Å². The Kier molecular flexibility index (Phi) is 2.23. The molecule has 0 spiro atoms. The predicted octanol–water partition coefficient (Wildman–Crippen LogP) is 2.74. The second-order valence-electron chi connectivity index (χ2n) is 4.99. The van der Waals surface area contributed by atoms with Crippen molar-refractivity contribution in [3.8, 4) is 0 Å². The van der Waals surface area contributed by atoms with Crippen molar-refractivity contribution in [3.05, 3.63) is 65.7 Å². The highest BCUT2D eigenvalue weighted by atomic mass is 16.2. The van der Waals surface area contributed by atoms with Crippen LogP contribution in [-0.4, -0.2) is 17.5 Å². The van der Waals surface area contributed by atoms with E-state index in [1.807, 2.05) is 29.3 Å². The van der Waals surface area contributed by atoms with Crippen molar-refractivity contribution >= 4 is 11.6 Å². The molecule has 2 heterocycles. The van der Waals surface area contributed by atoms with E-state index in [0.29, 0.717) is 6.42 Å². The lowest BCUT2D eigenvalue weighted by Crippen LogP contribution is -2.35. The molecule has 0 saturated carbocycles. The van der Waals surface area contributed by atoms with Gasteiger partial charge in [-0.2, -0.15) is 0 Å². The van der Waals surface area contributed by atoms with Gasteiger partial charge in [0.2, 0.25) is 5.91 Å². The van der Waals surface area contributed by atoms with E-state index >= 15 is 0 Å². The van der Waals surface area contributed by atoms with Crippen LogP contribution < -0.4 is 5.01 Å². The largest absolute Gasteiger partial charge is 0.273 e. The molecule has 2 aliphatic rings. The summed E-state index contributed by atoms with van der Waals surface area (Å²) >= 11 is 0. The standard InChI is InChI=1S/C16H14N2O/c19-15-10-11-17-16(12-6-2-1-3-7-12)13-8-4-5-9-14(13)18(15)17/h1-9,16H,10-11H2. The third-order valence-electron chi connectivity index (χ3n) is 3.92. The number of hydrogen-bond donors (Lipinski definition) is 0. The fourth-order valence-electron chi connectivity index (χ4n) is 3.14. The van der Waals surface area contributed by atoms with Gasteiger partial charge in [-0.05, 0) is 11.6 Å². The molecule has 1 fully saturated rings. The van der Waals surface area contributed by atoms with Crippen molar-refractivity contribution in [1.82, 2.24) is 5.01 Å². The van der Waals surface area contributed by atoms with E-state index in [9.17, 15) is 4.79 Å². The number of fused-ring (bicyclic) bond motifs is 3.